The lowest BCUT2D eigenvalue weighted by atomic mass is 10.1. The summed E-state index contributed by atoms with van der Waals surface area (Å²) < 4.78 is 1.78. The second kappa shape index (κ2) is 8.95. The first-order valence-corrected chi connectivity index (χ1v) is 10.4. The second-order valence-corrected chi connectivity index (χ2v) is 7.63. The van der Waals surface area contributed by atoms with Crippen LogP contribution in [0.5, 0.6) is 0 Å². The molecule has 0 saturated carbocycles. The summed E-state index contributed by atoms with van der Waals surface area (Å²) >= 11 is 0. The number of carbonyl (C=O) groups excluding carboxylic acids is 3. The summed E-state index contributed by atoms with van der Waals surface area (Å²) in [7, 11) is 0. The molecule has 4 rings (SSSR count). The summed E-state index contributed by atoms with van der Waals surface area (Å²) in [5.74, 6) is -1.26. The van der Waals surface area contributed by atoms with Gasteiger partial charge in [0.2, 0.25) is 5.91 Å². The highest BCUT2D eigenvalue weighted by molar-refractivity contribution is 6.48. The highest BCUT2D eigenvalue weighted by Gasteiger charge is 2.23. The predicted octanol–water partition coefficient (Wildman–Crippen LogP) is 3.87. The summed E-state index contributed by atoms with van der Waals surface area (Å²) in [6.07, 6.45) is 6.01. The Morgan fingerprint density at radius 3 is 2.23 bits per heavy atom. The number of amides is 2. The summed E-state index contributed by atoms with van der Waals surface area (Å²) in [5.41, 5.74) is 1.65. The zero-order valence-electron chi connectivity index (χ0n) is 16.8. The van der Waals surface area contributed by atoms with Gasteiger partial charge in [0.05, 0.1) is 5.56 Å². The van der Waals surface area contributed by atoms with Gasteiger partial charge in [0.15, 0.2) is 0 Å². The minimum atomic E-state index is -0.692. The Kier molecular flexibility index (Phi) is 5.93. The maximum atomic E-state index is 12.9. The van der Waals surface area contributed by atoms with Gasteiger partial charge in [-0.3, -0.25) is 14.4 Å². The molecule has 0 unspecified atom stereocenters. The fourth-order valence-corrected chi connectivity index (χ4v) is 3.96. The minimum Gasteiger partial charge on any atom is -0.341 e. The highest BCUT2D eigenvalue weighted by Crippen LogP contribution is 2.23. The number of anilines is 1. The van der Waals surface area contributed by atoms with Crippen molar-refractivity contribution in [1.82, 2.24) is 9.47 Å². The summed E-state index contributed by atoms with van der Waals surface area (Å²) in [4.78, 5) is 40.2. The number of benzene rings is 2. The molecule has 1 aromatic heterocycles. The van der Waals surface area contributed by atoms with Crippen molar-refractivity contribution in [3.63, 3.8) is 0 Å². The molecule has 0 bridgehead atoms. The van der Waals surface area contributed by atoms with Gasteiger partial charge >= 0.3 is 0 Å². The van der Waals surface area contributed by atoms with E-state index in [1.165, 1.54) is 0 Å². The number of Topliss-reactive ketones (excluding diaryl/α,β-unsaturated/α-hetero) is 1. The Hall–Kier alpha value is -3.41. The third kappa shape index (κ3) is 4.27. The molecule has 6 heteroatoms. The molecule has 0 atom stereocenters. The van der Waals surface area contributed by atoms with Crippen LogP contribution in [0.25, 0.3) is 10.9 Å². The number of hydrogen-bond acceptors (Lipinski definition) is 3. The number of likely N-dealkylation sites (tertiary alicyclic amines) is 1. The maximum Gasteiger partial charge on any atom is 0.296 e. The molecule has 1 N–H and O–H groups in total. The van der Waals surface area contributed by atoms with E-state index in [0.29, 0.717) is 16.6 Å². The van der Waals surface area contributed by atoms with Crippen molar-refractivity contribution in [3.8, 4) is 0 Å². The Morgan fingerprint density at radius 2 is 1.50 bits per heavy atom. The summed E-state index contributed by atoms with van der Waals surface area (Å²) in [6, 6.07) is 16.3. The Bertz CT molecular complexity index is 1060. The molecule has 1 fully saturated rings. The number of carbonyl (C=O) groups is 3. The van der Waals surface area contributed by atoms with Gasteiger partial charge < -0.3 is 14.8 Å². The van der Waals surface area contributed by atoms with E-state index in [4.69, 9.17) is 0 Å². The van der Waals surface area contributed by atoms with Crippen molar-refractivity contribution in [2.45, 2.75) is 32.2 Å². The number of aromatic nitrogens is 1. The van der Waals surface area contributed by atoms with Crippen LogP contribution in [0.1, 0.15) is 36.0 Å². The molecular formula is C24H25N3O3. The predicted molar refractivity (Wildman–Crippen MR) is 116 cm³/mol. The van der Waals surface area contributed by atoms with Gasteiger partial charge in [-0.15, -0.1) is 0 Å². The molecule has 2 heterocycles. The van der Waals surface area contributed by atoms with E-state index in [-0.39, 0.29) is 12.5 Å². The van der Waals surface area contributed by atoms with Crippen molar-refractivity contribution in [3.05, 3.63) is 66.4 Å². The standard InChI is InChI=1S/C24H25N3O3/c28-22(26-14-8-1-2-9-15-26)17-27-16-20(19-12-6-7-13-21(19)27)23(29)24(30)25-18-10-4-3-5-11-18/h3-7,10-13,16H,1-2,8-9,14-15,17H2,(H,25,30). The first-order chi connectivity index (χ1) is 14.6. The van der Waals surface area contributed by atoms with Crippen molar-refractivity contribution in [2.75, 3.05) is 18.4 Å². The van der Waals surface area contributed by atoms with Crippen LogP contribution in [0.15, 0.2) is 60.8 Å². The first-order valence-electron chi connectivity index (χ1n) is 10.4. The van der Waals surface area contributed by atoms with Gasteiger partial charge in [0, 0.05) is 35.9 Å². The topological polar surface area (TPSA) is 71.4 Å². The number of nitrogens with zero attached hydrogens (tertiary/aromatic N) is 2. The van der Waals surface area contributed by atoms with Gasteiger partial charge in [-0.25, -0.2) is 0 Å². The smallest absolute Gasteiger partial charge is 0.296 e. The van der Waals surface area contributed by atoms with Gasteiger partial charge in [0.25, 0.3) is 11.7 Å². The van der Waals surface area contributed by atoms with Crippen LogP contribution in [0.3, 0.4) is 0 Å². The molecular weight excluding hydrogens is 378 g/mol. The fourth-order valence-electron chi connectivity index (χ4n) is 3.96. The van der Waals surface area contributed by atoms with E-state index < -0.39 is 11.7 Å². The minimum absolute atomic E-state index is 0.0467. The molecule has 1 saturated heterocycles. The van der Waals surface area contributed by atoms with E-state index in [1.54, 1.807) is 35.0 Å². The fraction of sp³-hybridized carbons (Fsp3) is 0.292. The van der Waals surface area contributed by atoms with Crippen molar-refractivity contribution >= 4 is 34.2 Å². The van der Waals surface area contributed by atoms with Crippen LogP contribution >= 0.6 is 0 Å². The highest BCUT2D eigenvalue weighted by atomic mass is 16.2. The van der Waals surface area contributed by atoms with Crippen molar-refractivity contribution < 1.29 is 14.4 Å². The van der Waals surface area contributed by atoms with Crippen LogP contribution in [0.4, 0.5) is 5.69 Å². The lowest BCUT2D eigenvalue weighted by Gasteiger charge is -2.20. The molecule has 0 aliphatic carbocycles. The van der Waals surface area contributed by atoms with E-state index in [9.17, 15) is 14.4 Å². The zero-order chi connectivity index (χ0) is 20.9. The number of nitrogens with one attached hydrogen (secondary N) is 1. The Labute approximate surface area is 175 Å². The normalized spacial score (nSPS) is 14.3. The zero-order valence-corrected chi connectivity index (χ0v) is 16.8. The molecule has 1 aliphatic rings. The summed E-state index contributed by atoms with van der Waals surface area (Å²) in [5, 5.41) is 3.32. The number of para-hydroxylation sites is 2. The molecule has 30 heavy (non-hydrogen) atoms. The Morgan fingerprint density at radius 1 is 0.833 bits per heavy atom. The van der Waals surface area contributed by atoms with Crippen LogP contribution in [-0.4, -0.2) is 40.2 Å². The van der Waals surface area contributed by atoms with Crippen molar-refractivity contribution in [2.24, 2.45) is 0 Å². The third-order valence-electron chi connectivity index (χ3n) is 5.54. The van der Waals surface area contributed by atoms with Gasteiger partial charge in [-0.1, -0.05) is 49.2 Å². The van der Waals surface area contributed by atoms with Gasteiger partial charge in [-0.05, 0) is 31.0 Å². The number of hydrogen-bond donors (Lipinski definition) is 1. The average molecular weight is 403 g/mol. The van der Waals surface area contributed by atoms with Crippen LogP contribution < -0.4 is 5.32 Å². The third-order valence-corrected chi connectivity index (χ3v) is 5.54. The lowest BCUT2D eigenvalue weighted by molar-refractivity contribution is -0.131. The molecule has 2 amide bonds. The van der Waals surface area contributed by atoms with Crippen LogP contribution in [0, 0.1) is 0 Å². The second-order valence-electron chi connectivity index (χ2n) is 7.63. The maximum absolute atomic E-state index is 12.9. The van der Waals surface area contributed by atoms with Gasteiger partial charge in [0.1, 0.15) is 6.54 Å². The van der Waals surface area contributed by atoms with Crippen LogP contribution in [0.2, 0.25) is 0 Å². The number of fused-ring (bicyclic) bond motifs is 1. The van der Waals surface area contributed by atoms with E-state index in [1.807, 2.05) is 35.2 Å². The number of rotatable bonds is 5. The first kappa shape index (κ1) is 19.9. The largest absolute Gasteiger partial charge is 0.341 e. The lowest BCUT2D eigenvalue weighted by Crippen LogP contribution is -2.34. The average Bonchev–Trinajstić information content (AvgIpc) is 2.93. The quantitative estimate of drug-likeness (QED) is 0.519. The van der Waals surface area contributed by atoms with Crippen LogP contribution in [-0.2, 0) is 16.1 Å². The molecule has 0 spiro atoms. The van der Waals surface area contributed by atoms with E-state index in [2.05, 4.69) is 5.32 Å². The number of ketones is 1. The molecule has 1 aliphatic heterocycles. The van der Waals surface area contributed by atoms with E-state index in [0.717, 1.165) is 44.3 Å². The molecule has 154 valence electrons. The molecule has 2 aromatic carbocycles. The monoisotopic (exact) mass is 403 g/mol. The molecule has 6 nitrogen and oxygen atoms in total. The van der Waals surface area contributed by atoms with Crippen molar-refractivity contribution in [1.29, 1.82) is 0 Å². The SMILES string of the molecule is O=C(Nc1ccccc1)C(=O)c1cn(CC(=O)N2CCCCCC2)c2ccccc12. The summed E-state index contributed by atoms with van der Waals surface area (Å²) in [6.45, 7) is 1.72. The van der Waals surface area contributed by atoms with Gasteiger partial charge in [-0.2, -0.15) is 0 Å². The van der Waals surface area contributed by atoms with E-state index >= 15 is 0 Å². The molecule has 0 radical (unpaired) electrons. The molecule has 3 aromatic rings. The Balaban J connectivity index is 1.58.